The summed E-state index contributed by atoms with van der Waals surface area (Å²) in [6, 6.07) is 11.2. The van der Waals surface area contributed by atoms with Crippen LogP contribution in [-0.4, -0.2) is 58.6 Å². The number of nitrogens with two attached hydrogens (primary N) is 1. The number of hydrogen-bond donors (Lipinski definition) is 1. The lowest BCUT2D eigenvalue weighted by Crippen LogP contribution is -2.44. The molecule has 0 aliphatic carbocycles. The molecule has 0 amide bonds. The quantitative estimate of drug-likeness (QED) is 0.906. The van der Waals surface area contributed by atoms with Crippen molar-refractivity contribution in [1.82, 2.24) is 19.7 Å². The lowest BCUT2D eigenvalue weighted by molar-refractivity contribution is 0.125. The van der Waals surface area contributed by atoms with Crippen LogP contribution in [0, 0.1) is 0 Å². The normalized spacial score (nSPS) is 19.2. The first-order chi connectivity index (χ1) is 12.3. The lowest BCUT2D eigenvalue weighted by atomic mass is 10.0. The van der Waals surface area contributed by atoms with Crippen molar-refractivity contribution in [1.29, 1.82) is 0 Å². The highest BCUT2D eigenvalue weighted by Gasteiger charge is 2.25. The molecule has 1 saturated heterocycles. The molecule has 2 aromatic rings. The maximum absolute atomic E-state index is 5.67. The fourth-order valence-corrected chi connectivity index (χ4v) is 3.99. The van der Waals surface area contributed by atoms with Crippen molar-refractivity contribution in [2.75, 3.05) is 32.8 Å². The van der Waals surface area contributed by atoms with Gasteiger partial charge in [0.1, 0.15) is 0 Å². The molecule has 1 aromatic carbocycles. The predicted octanol–water partition coefficient (Wildman–Crippen LogP) is 2.20. The summed E-state index contributed by atoms with van der Waals surface area (Å²) >= 11 is 0. The number of likely N-dealkylation sites (tertiary alicyclic amines) is 1. The third-order valence-corrected chi connectivity index (χ3v) is 5.38. The van der Waals surface area contributed by atoms with Crippen LogP contribution in [0.2, 0.25) is 0 Å². The molecule has 25 heavy (non-hydrogen) atoms. The van der Waals surface area contributed by atoms with Crippen molar-refractivity contribution in [3.8, 4) is 0 Å². The molecule has 5 heteroatoms. The Labute approximate surface area is 149 Å². The van der Waals surface area contributed by atoms with Crippen LogP contribution >= 0.6 is 0 Å². The predicted molar refractivity (Wildman–Crippen MR) is 102 cm³/mol. The van der Waals surface area contributed by atoms with Gasteiger partial charge in [-0.3, -0.25) is 4.98 Å². The molecule has 5 nitrogen and oxygen atoms in total. The van der Waals surface area contributed by atoms with Gasteiger partial charge in [-0.2, -0.15) is 0 Å². The van der Waals surface area contributed by atoms with Crippen LogP contribution in [0.25, 0.3) is 10.9 Å². The maximum Gasteiger partial charge on any atom is 0.0900 e. The molecule has 0 unspecified atom stereocenters. The Morgan fingerprint density at radius 3 is 2.76 bits per heavy atom. The molecule has 2 N–H and O–H groups in total. The van der Waals surface area contributed by atoms with E-state index in [2.05, 4.69) is 56.3 Å². The number of fused-ring (bicyclic) bond motifs is 1. The molecule has 2 aliphatic rings. The first-order valence-electron chi connectivity index (χ1n) is 9.26. The number of benzene rings is 1. The van der Waals surface area contributed by atoms with Crippen LogP contribution in [-0.2, 0) is 6.54 Å². The first kappa shape index (κ1) is 16.4. The van der Waals surface area contributed by atoms with Crippen molar-refractivity contribution in [2.45, 2.75) is 25.4 Å². The van der Waals surface area contributed by atoms with Crippen LogP contribution in [0.15, 0.2) is 48.9 Å². The van der Waals surface area contributed by atoms with Gasteiger partial charge in [-0.05, 0) is 24.5 Å². The molecule has 0 atom stereocenters. The molecule has 0 bridgehead atoms. The molecular weight excluding hydrogens is 310 g/mol. The van der Waals surface area contributed by atoms with Gasteiger partial charge >= 0.3 is 0 Å². The topological polar surface area (TPSA) is 48.6 Å². The average Bonchev–Trinajstić information content (AvgIpc) is 3.12. The zero-order chi connectivity index (χ0) is 17.1. The van der Waals surface area contributed by atoms with Crippen LogP contribution in [0.4, 0.5) is 0 Å². The van der Waals surface area contributed by atoms with E-state index < -0.39 is 0 Å². The lowest BCUT2D eigenvalue weighted by Gasteiger charge is -2.37. The Balaban J connectivity index is 1.36. The van der Waals surface area contributed by atoms with E-state index in [1.54, 1.807) is 0 Å². The molecule has 0 saturated carbocycles. The monoisotopic (exact) mass is 337 g/mol. The molecule has 1 aromatic heterocycles. The van der Waals surface area contributed by atoms with Gasteiger partial charge in [0.2, 0.25) is 0 Å². The highest BCUT2D eigenvalue weighted by Crippen LogP contribution is 2.23. The minimum atomic E-state index is 0.654. The zero-order valence-electron chi connectivity index (χ0n) is 14.7. The summed E-state index contributed by atoms with van der Waals surface area (Å²) in [7, 11) is 0. The molecule has 0 spiro atoms. The van der Waals surface area contributed by atoms with Crippen LogP contribution in [0.5, 0.6) is 0 Å². The summed E-state index contributed by atoms with van der Waals surface area (Å²) in [5, 5.41) is 1.22. The van der Waals surface area contributed by atoms with Gasteiger partial charge in [-0.25, -0.2) is 0 Å². The first-order valence-corrected chi connectivity index (χ1v) is 9.26. The number of pyridine rings is 1. The SMILES string of the molecule is NCCN1CCC(N2C=CN(Cc3cccc4cccnc34)C2)CC1. The number of nitrogens with zero attached hydrogens (tertiary/aromatic N) is 4. The second kappa shape index (κ2) is 7.42. The number of rotatable bonds is 5. The third kappa shape index (κ3) is 3.62. The standard InChI is InChI=1S/C20H27N5/c21-8-12-23-10-6-19(7-11-23)25-14-13-24(16-25)15-18-4-1-3-17-5-2-9-22-20(17)18/h1-5,9,13-14,19H,6-8,10-12,15-16,21H2. The van der Waals surface area contributed by atoms with E-state index in [0.717, 1.165) is 31.8 Å². The summed E-state index contributed by atoms with van der Waals surface area (Å²) in [6.07, 6.45) is 8.84. The maximum atomic E-state index is 5.67. The summed E-state index contributed by atoms with van der Waals surface area (Å²) in [4.78, 5) is 11.9. The minimum absolute atomic E-state index is 0.654. The van der Waals surface area contributed by atoms with Gasteiger partial charge in [0.15, 0.2) is 0 Å². The Kier molecular flexibility index (Phi) is 4.85. The fourth-order valence-electron chi connectivity index (χ4n) is 3.99. The van der Waals surface area contributed by atoms with Gasteiger partial charge in [-0.1, -0.05) is 24.3 Å². The van der Waals surface area contributed by atoms with Crippen molar-refractivity contribution < 1.29 is 0 Å². The van der Waals surface area contributed by atoms with Crippen molar-refractivity contribution >= 4 is 10.9 Å². The summed E-state index contributed by atoms with van der Waals surface area (Å²) < 4.78 is 0. The van der Waals surface area contributed by atoms with Gasteiger partial charge < -0.3 is 20.4 Å². The average molecular weight is 337 g/mol. The molecule has 0 radical (unpaired) electrons. The second-order valence-electron chi connectivity index (χ2n) is 7.05. The second-order valence-corrected chi connectivity index (χ2v) is 7.05. The smallest absolute Gasteiger partial charge is 0.0900 e. The minimum Gasteiger partial charge on any atom is -0.356 e. The zero-order valence-corrected chi connectivity index (χ0v) is 14.7. The number of hydrogen-bond acceptors (Lipinski definition) is 5. The van der Waals surface area contributed by atoms with Crippen LogP contribution in [0.3, 0.4) is 0 Å². The van der Waals surface area contributed by atoms with E-state index in [0.29, 0.717) is 6.04 Å². The molecule has 132 valence electrons. The Hall–Kier alpha value is -2.11. The van der Waals surface area contributed by atoms with Crippen molar-refractivity contribution in [3.05, 3.63) is 54.5 Å². The summed E-state index contributed by atoms with van der Waals surface area (Å²) in [5.74, 6) is 0. The van der Waals surface area contributed by atoms with E-state index in [9.17, 15) is 0 Å². The molecule has 3 heterocycles. The molecule has 1 fully saturated rings. The van der Waals surface area contributed by atoms with E-state index in [4.69, 9.17) is 5.73 Å². The molecule has 4 rings (SSSR count). The fraction of sp³-hybridized carbons (Fsp3) is 0.450. The number of piperidine rings is 1. The highest BCUT2D eigenvalue weighted by molar-refractivity contribution is 5.81. The van der Waals surface area contributed by atoms with Crippen molar-refractivity contribution in [3.63, 3.8) is 0 Å². The van der Waals surface area contributed by atoms with Gasteiger partial charge in [0.05, 0.1) is 12.2 Å². The van der Waals surface area contributed by atoms with Gasteiger partial charge in [0.25, 0.3) is 0 Å². The van der Waals surface area contributed by atoms with Crippen LogP contribution < -0.4 is 5.73 Å². The number of aromatic nitrogens is 1. The number of para-hydroxylation sites is 1. The molecular formula is C20H27N5. The van der Waals surface area contributed by atoms with Crippen molar-refractivity contribution in [2.24, 2.45) is 5.73 Å². The van der Waals surface area contributed by atoms with E-state index in [1.807, 2.05) is 12.3 Å². The summed E-state index contributed by atoms with van der Waals surface area (Å²) in [5.41, 5.74) is 8.08. The highest BCUT2D eigenvalue weighted by atomic mass is 15.4. The van der Waals surface area contributed by atoms with E-state index in [-0.39, 0.29) is 0 Å². The van der Waals surface area contributed by atoms with Gasteiger partial charge in [-0.15, -0.1) is 0 Å². The Bertz CT molecular complexity index is 730. The summed E-state index contributed by atoms with van der Waals surface area (Å²) in [6.45, 7) is 6.01. The molecule has 2 aliphatic heterocycles. The van der Waals surface area contributed by atoms with Gasteiger partial charge in [0, 0.05) is 62.7 Å². The van der Waals surface area contributed by atoms with E-state index in [1.165, 1.54) is 36.9 Å². The largest absolute Gasteiger partial charge is 0.356 e. The van der Waals surface area contributed by atoms with Crippen LogP contribution in [0.1, 0.15) is 18.4 Å². The van der Waals surface area contributed by atoms with E-state index >= 15 is 0 Å². The third-order valence-electron chi connectivity index (χ3n) is 5.38. The Morgan fingerprint density at radius 1 is 1.08 bits per heavy atom. The Morgan fingerprint density at radius 2 is 1.92 bits per heavy atom.